The largest absolute Gasteiger partial charge is 0.437 e. The number of esters is 1. The Bertz CT molecular complexity index is 347. The minimum atomic E-state index is -0.212. The first-order valence-electron chi connectivity index (χ1n) is 5.88. The summed E-state index contributed by atoms with van der Waals surface area (Å²) in [6, 6.07) is 9.66. The molecule has 4 heteroatoms. The predicted octanol–water partition coefficient (Wildman–Crippen LogP) is 1.46. The van der Waals surface area contributed by atoms with E-state index in [1.165, 1.54) is 0 Å². The average molecular weight is 235 g/mol. The summed E-state index contributed by atoms with van der Waals surface area (Å²) >= 11 is 0. The van der Waals surface area contributed by atoms with Crippen molar-refractivity contribution in [3.05, 3.63) is 35.9 Å². The van der Waals surface area contributed by atoms with Crippen molar-refractivity contribution in [2.75, 3.05) is 13.3 Å². The van der Waals surface area contributed by atoms with E-state index in [-0.39, 0.29) is 18.8 Å². The summed E-state index contributed by atoms with van der Waals surface area (Å²) in [6.07, 6.45) is 1.89. The van der Waals surface area contributed by atoms with Gasteiger partial charge in [0.25, 0.3) is 0 Å². The van der Waals surface area contributed by atoms with Crippen molar-refractivity contribution in [2.45, 2.75) is 25.5 Å². The average Bonchev–Trinajstić information content (AvgIpc) is 2.89. The maximum atomic E-state index is 11.5. The van der Waals surface area contributed by atoms with Crippen LogP contribution in [0.3, 0.4) is 0 Å². The van der Waals surface area contributed by atoms with Crippen molar-refractivity contribution in [3.63, 3.8) is 0 Å². The lowest BCUT2D eigenvalue weighted by Crippen LogP contribution is -2.32. The second kappa shape index (κ2) is 6.37. The Morgan fingerprint density at radius 1 is 1.35 bits per heavy atom. The van der Waals surface area contributed by atoms with Crippen molar-refractivity contribution in [3.8, 4) is 0 Å². The van der Waals surface area contributed by atoms with Gasteiger partial charge in [-0.05, 0) is 24.9 Å². The minimum Gasteiger partial charge on any atom is -0.437 e. The van der Waals surface area contributed by atoms with Crippen LogP contribution < -0.4 is 5.32 Å². The Hall–Kier alpha value is -1.39. The number of benzene rings is 1. The van der Waals surface area contributed by atoms with Crippen LogP contribution in [0.15, 0.2) is 30.3 Å². The summed E-state index contributed by atoms with van der Waals surface area (Å²) in [6.45, 7) is 1.38. The van der Waals surface area contributed by atoms with Crippen LogP contribution in [0.25, 0.3) is 0 Å². The number of carbonyl (C=O) groups is 1. The molecule has 1 atom stereocenters. The first-order valence-corrected chi connectivity index (χ1v) is 5.88. The molecule has 1 aliphatic rings. The molecule has 0 aromatic heterocycles. The number of carbonyl (C=O) groups excluding carboxylic acids is 1. The third-order valence-electron chi connectivity index (χ3n) is 2.74. The fraction of sp³-hybridized carbons (Fsp3) is 0.462. The molecule has 0 saturated carbocycles. The number of hydrogen-bond donors (Lipinski definition) is 1. The van der Waals surface area contributed by atoms with Gasteiger partial charge in [-0.2, -0.15) is 0 Å². The second-order valence-electron chi connectivity index (χ2n) is 4.06. The molecular formula is C13H17NO3. The molecule has 1 unspecified atom stereocenters. The van der Waals surface area contributed by atoms with Gasteiger partial charge in [0.05, 0.1) is 6.61 Å². The fourth-order valence-electron chi connectivity index (χ4n) is 1.82. The van der Waals surface area contributed by atoms with Crippen LogP contribution in [-0.2, 0) is 20.9 Å². The van der Waals surface area contributed by atoms with Gasteiger partial charge in [-0.3, -0.25) is 4.79 Å². The molecule has 1 saturated heterocycles. The summed E-state index contributed by atoms with van der Waals surface area (Å²) < 4.78 is 10.3. The van der Waals surface area contributed by atoms with Gasteiger partial charge in [-0.1, -0.05) is 30.3 Å². The summed E-state index contributed by atoms with van der Waals surface area (Å²) in [5, 5.41) is 3.08. The molecular weight excluding hydrogens is 218 g/mol. The molecule has 0 bridgehead atoms. The quantitative estimate of drug-likeness (QED) is 0.477. The zero-order valence-electron chi connectivity index (χ0n) is 9.72. The SMILES string of the molecule is O=C(OCOCc1ccccc1)C1CCCN1. The third-order valence-corrected chi connectivity index (χ3v) is 2.74. The molecule has 0 radical (unpaired) electrons. The van der Waals surface area contributed by atoms with Gasteiger partial charge in [0.15, 0.2) is 6.79 Å². The fourth-order valence-corrected chi connectivity index (χ4v) is 1.82. The molecule has 0 spiro atoms. The van der Waals surface area contributed by atoms with Gasteiger partial charge in [0, 0.05) is 0 Å². The van der Waals surface area contributed by atoms with Gasteiger partial charge in [-0.25, -0.2) is 0 Å². The molecule has 0 aliphatic carbocycles. The van der Waals surface area contributed by atoms with Crippen LogP contribution in [0.2, 0.25) is 0 Å². The summed E-state index contributed by atoms with van der Waals surface area (Å²) in [7, 11) is 0. The molecule has 4 nitrogen and oxygen atoms in total. The van der Waals surface area contributed by atoms with Crippen LogP contribution in [0.1, 0.15) is 18.4 Å². The van der Waals surface area contributed by atoms with Gasteiger partial charge >= 0.3 is 5.97 Å². The van der Waals surface area contributed by atoms with Crippen LogP contribution in [0, 0.1) is 0 Å². The van der Waals surface area contributed by atoms with Crippen LogP contribution in [0.5, 0.6) is 0 Å². The highest BCUT2D eigenvalue weighted by Crippen LogP contribution is 2.07. The Kier molecular flexibility index (Phi) is 4.53. The van der Waals surface area contributed by atoms with Crippen molar-refractivity contribution < 1.29 is 14.3 Å². The lowest BCUT2D eigenvalue weighted by Gasteiger charge is -2.10. The predicted molar refractivity (Wildman–Crippen MR) is 63.2 cm³/mol. The topological polar surface area (TPSA) is 47.6 Å². The Morgan fingerprint density at radius 3 is 2.88 bits per heavy atom. The van der Waals surface area contributed by atoms with E-state index in [1.807, 2.05) is 30.3 Å². The molecule has 1 heterocycles. The number of nitrogens with one attached hydrogen (secondary N) is 1. The minimum absolute atomic E-state index is 0.0197. The first kappa shape index (κ1) is 12.1. The molecule has 1 aliphatic heterocycles. The highest BCUT2D eigenvalue weighted by molar-refractivity contribution is 5.75. The summed E-state index contributed by atoms with van der Waals surface area (Å²) in [4.78, 5) is 11.5. The van der Waals surface area contributed by atoms with E-state index < -0.39 is 0 Å². The van der Waals surface area contributed by atoms with Crippen molar-refractivity contribution in [1.82, 2.24) is 5.32 Å². The third kappa shape index (κ3) is 3.84. The van der Waals surface area contributed by atoms with Crippen molar-refractivity contribution in [2.24, 2.45) is 0 Å². The Balaban J connectivity index is 1.61. The number of rotatable bonds is 5. The van der Waals surface area contributed by atoms with Crippen LogP contribution >= 0.6 is 0 Å². The van der Waals surface area contributed by atoms with Crippen molar-refractivity contribution in [1.29, 1.82) is 0 Å². The molecule has 1 fully saturated rings. The van der Waals surface area contributed by atoms with Gasteiger partial charge in [0.1, 0.15) is 6.04 Å². The smallest absolute Gasteiger partial charge is 0.325 e. The molecule has 1 aromatic carbocycles. The van der Waals surface area contributed by atoms with E-state index in [0.29, 0.717) is 6.61 Å². The van der Waals surface area contributed by atoms with E-state index >= 15 is 0 Å². The summed E-state index contributed by atoms with van der Waals surface area (Å²) in [5.74, 6) is -0.212. The first-order chi connectivity index (χ1) is 8.36. The highest BCUT2D eigenvalue weighted by Gasteiger charge is 2.23. The zero-order valence-corrected chi connectivity index (χ0v) is 9.72. The number of hydrogen-bond acceptors (Lipinski definition) is 4. The van der Waals surface area contributed by atoms with E-state index in [1.54, 1.807) is 0 Å². The molecule has 92 valence electrons. The zero-order chi connectivity index (χ0) is 11.9. The van der Waals surface area contributed by atoms with Crippen LogP contribution in [-0.4, -0.2) is 25.3 Å². The van der Waals surface area contributed by atoms with Gasteiger partial charge in [-0.15, -0.1) is 0 Å². The molecule has 0 amide bonds. The normalized spacial score (nSPS) is 19.2. The number of ether oxygens (including phenoxy) is 2. The maximum Gasteiger partial charge on any atom is 0.325 e. The second-order valence-corrected chi connectivity index (χ2v) is 4.06. The molecule has 2 rings (SSSR count). The van der Waals surface area contributed by atoms with Gasteiger partial charge < -0.3 is 14.8 Å². The lowest BCUT2D eigenvalue weighted by molar-refractivity contribution is -0.159. The van der Waals surface area contributed by atoms with E-state index in [0.717, 1.165) is 24.9 Å². The Labute approximate surface area is 101 Å². The van der Waals surface area contributed by atoms with Crippen LogP contribution in [0.4, 0.5) is 0 Å². The summed E-state index contributed by atoms with van der Waals surface area (Å²) in [5.41, 5.74) is 1.07. The monoisotopic (exact) mass is 235 g/mol. The standard InChI is InChI=1S/C13H17NO3/c15-13(12-7-4-8-14-12)17-10-16-9-11-5-2-1-3-6-11/h1-3,5-6,12,14H,4,7-10H2. The van der Waals surface area contributed by atoms with Crippen molar-refractivity contribution >= 4 is 5.97 Å². The molecule has 1 N–H and O–H groups in total. The Morgan fingerprint density at radius 2 is 2.18 bits per heavy atom. The highest BCUT2D eigenvalue weighted by atomic mass is 16.7. The molecule has 1 aromatic rings. The van der Waals surface area contributed by atoms with Gasteiger partial charge in [0.2, 0.25) is 0 Å². The maximum absolute atomic E-state index is 11.5. The van der Waals surface area contributed by atoms with E-state index in [2.05, 4.69) is 5.32 Å². The lowest BCUT2D eigenvalue weighted by atomic mass is 10.2. The van der Waals surface area contributed by atoms with E-state index in [9.17, 15) is 4.79 Å². The molecule has 17 heavy (non-hydrogen) atoms. The van der Waals surface area contributed by atoms with E-state index in [4.69, 9.17) is 9.47 Å².